The summed E-state index contributed by atoms with van der Waals surface area (Å²) in [6.07, 6.45) is 3.62. The van der Waals surface area contributed by atoms with Crippen molar-refractivity contribution in [1.29, 1.82) is 0 Å². The molecule has 0 aliphatic rings. The summed E-state index contributed by atoms with van der Waals surface area (Å²) >= 11 is 6.14. The topological polar surface area (TPSA) is 83.8 Å². The van der Waals surface area contributed by atoms with E-state index in [-0.39, 0.29) is 5.91 Å². The molecule has 1 heterocycles. The third-order valence-corrected chi connectivity index (χ3v) is 7.16. The van der Waals surface area contributed by atoms with Crippen LogP contribution in [0.25, 0.3) is 11.0 Å². The third kappa shape index (κ3) is 6.99. The number of nitrogens with zero attached hydrogens (tertiary/aromatic N) is 2. The van der Waals surface area contributed by atoms with Crippen molar-refractivity contribution in [2.45, 2.75) is 39.2 Å². The van der Waals surface area contributed by atoms with Crippen LogP contribution < -0.4 is 24.3 Å². The van der Waals surface area contributed by atoms with Gasteiger partial charge in [0.15, 0.2) is 11.5 Å². The van der Waals surface area contributed by atoms with Gasteiger partial charge in [0, 0.05) is 23.6 Å². The highest BCUT2D eigenvalue weighted by molar-refractivity contribution is 6.31. The predicted molar refractivity (Wildman–Crippen MR) is 157 cm³/mol. The first-order chi connectivity index (χ1) is 19.4. The van der Waals surface area contributed by atoms with Gasteiger partial charge in [-0.05, 0) is 67.8 Å². The van der Waals surface area contributed by atoms with E-state index in [1.54, 1.807) is 12.1 Å². The maximum atomic E-state index is 12.7. The number of hydrogen-bond acceptors (Lipinski definition) is 6. The molecule has 0 fully saturated rings. The van der Waals surface area contributed by atoms with Crippen molar-refractivity contribution in [3.05, 3.63) is 76.6 Å². The Morgan fingerprint density at radius 1 is 0.950 bits per heavy atom. The van der Waals surface area contributed by atoms with Crippen molar-refractivity contribution in [2.24, 2.45) is 0 Å². The molecular formula is C31H36ClN3O5. The van der Waals surface area contributed by atoms with Crippen molar-refractivity contribution in [3.63, 3.8) is 0 Å². The fraction of sp³-hybridized carbons (Fsp3) is 0.355. The van der Waals surface area contributed by atoms with Gasteiger partial charge in [0.05, 0.1) is 38.9 Å². The van der Waals surface area contributed by atoms with Crippen LogP contribution in [0.4, 0.5) is 0 Å². The number of unbranched alkanes of at least 4 members (excludes halogenated alkanes) is 2. The van der Waals surface area contributed by atoms with Crippen LogP contribution in [0.5, 0.6) is 23.0 Å². The SMILES string of the molecule is COc1cc(C(=O)NCCCCCc2nc3ccccc3n2CCOc2ccc(Cl)c(C)c2)cc(OC)c1OC. The Balaban J connectivity index is 1.28. The third-order valence-electron chi connectivity index (χ3n) is 6.74. The highest BCUT2D eigenvalue weighted by atomic mass is 35.5. The zero-order chi connectivity index (χ0) is 28.5. The molecule has 1 N–H and O–H groups in total. The van der Waals surface area contributed by atoms with Crippen LogP contribution in [0.2, 0.25) is 5.02 Å². The number of carbonyl (C=O) groups excluding carboxylic acids is 1. The van der Waals surface area contributed by atoms with Crippen LogP contribution in [0.3, 0.4) is 0 Å². The molecule has 3 aromatic carbocycles. The van der Waals surface area contributed by atoms with Crippen molar-refractivity contribution < 1.29 is 23.7 Å². The largest absolute Gasteiger partial charge is 0.493 e. The monoisotopic (exact) mass is 565 g/mol. The van der Waals surface area contributed by atoms with E-state index in [1.807, 2.05) is 43.3 Å². The van der Waals surface area contributed by atoms with Gasteiger partial charge in [-0.15, -0.1) is 0 Å². The minimum atomic E-state index is -0.183. The maximum absolute atomic E-state index is 12.7. The van der Waals surface area contributed by atoms with E-state index in [0.29, 0.717) is 42.5 Å². The summed E-state index contributed by atoms with van der Waals surface area (Å²) in [5, 5.41) is 3.72. The number of amides is 1. The summed E-state index contributed by atoms with van der Waals surface area (Å²) in [6.45, 7) is 3.76. The van der Waals surface area contributed by atoms with Gasteiger partial charge in [-0.2, -0.15) is 0 Å². The number of nitrogens with one attached hydrogen (secondary N) is 1. The smallest absolute Gasteiger partial charge is 0.251 e. The molecule has 0 saturated heterocycles. The molecule has 212 valence electrons. The molecule has 0 aliphatic heterocycles. The van der Waals surface area contributed by atoms with E-state index in [9.17, 15) is 4.79 Å². The molecule has 1 amide bonds. The van der Waals surface area contributed by atoms with Gasteiger partial charge in [0.1, 0.15) is 18.2 Å². The number of aryl methyl sites for hydroxylation is 2. The number of fused-ring (bicyclic) bond motifs is 1. The zero-order valence-electron chi connectivity index (χ0n) is 23.5. The highest BCUT2D eigenvalue weighted by Crippen LogP contribution is 2.38. The van der Waals surface area contributed by atoms with Crippen LogP contribution >= 0.6 is 11.6 Å². The molecule has 0 saturated carbocycles. The van der Waals surface area contributed by atoms with E-state index in [4.69, 9.17) is 35.5 Å². The van der Waals surface area contributed by atoms with Crippen LogP contribution in [-0.2, 0) is 13.0 Å². The lowest BCUT2D eigenvalue weighted by Crippen LogP contribution is -2.24. The lowest BCUT2D eigenvalue weighted by molar-refractivity contribution is 0.0952. The average Bonchev–Trinajstić information content (AvgIpc) is 3.32. The van der Waals surface area contributed by atoms with Gasteiger partial charge in [-0.1, -0.05) is 30.2 Å². The first-order valence-electron chi connectivity index (χ1n) is 13.4. The summed E-state index contributed by atoms with van der Waals surface area (Å²) in [7, 11) is 4.59. The molecule has 0 radical (unpaired) electrons. The molecule has 0 unspecified atom stereocenters. The second kappa shape index (κ2) is 13.9. The normalized spacial score (nSPS) is 10.9. The Bertz CT molecular complexity index is 1430. The Morgan fingerprint density at radius 2 is 1.70 bits per heavy atom. The Morgan fingerprint density at radius 3 is 2.40 bits per heavy atom. The molecule has 8 nitrogen and oxygen atoms in total. The van der Waals surface area contributed by atoms with E-state index in [2.05, 4.69) is 16.0 Å². The minimum Gasteiger partial charge on any atom is -0.493 e. The van der Waals surface area contributed by atoms with Crippen molar-refractivity contribution in [2.75, 3.05) is 34.5 Å². The average molecular weight is 566 g/mol. The molecule has 0 atom stereocenters. The van der Waals surface area contributed by atoms with Gasteiger partial charge < -0.3 is 28.8 Å². The summed E-state index contributed by atoms with van der Waals surface area (Å²) in [5.41, 5.74) is 3.54. The number of carbonyl (C=O) groups is 1. The summed E-state index contributed by atoms with van der Waals surface area (Å²) < 4.78 is 24.3. The molecule has 0 bridgehead atoms. The molecule has 0 spiro atoms. The van der Waals surface area contributed by atoms with Gasteiger partial charge in [-0.3, -0.25) is 4.79 Å². The lowest BCUT2D eigenvalue weighted by Gasteiger charge is -2.14. The standard InChI is InChI=1S/C31H36ClN3O5/c1-21-18-23(13-14-24(21)32)40-17-16-35-26-11-8-7-10-25(26)34-29(35)12-6-5-9-15-33-31(36)22-19-27(37-2)30(39-4)28(20-22)38-3/h7-8,10-11,13-14,18-20H,5-6,9,12,15-17H2,1-4H3,(H,33,36). The number of imidazole rings is 1. The number of benzene rings is 3. The second-order valence-corrected chi connectivity index (χ2v) is 9.82. The Labute approximate surface area is 240 Å². The molecule has 4 rings (SSSR count). The minimum absolute atomic E-state index is 0.183. The fourth-order valence-corrected chi connectivity index (χ4v) is 4.75. The Kier molecular flexibility index (Phi) is 10.1. The van der Waals surface area contributed by atoms with E-state index >= 15 is 0 Å². The number of hydrogen-bond donors (Lipinski definition) is 1. The summed E-state index contributed by atoms with van der Waals surface area (Å²) in [4.78, 5) is 17.6. The fourth-order valence-electron chi connectivity index (χ4n) is 4.63. The molecule has 1 aromatic heterocycles. The van der Waals surface area contributed by atoms with Gasteiger partial charge in [-0.25, -0.2) is 4.98 Å². The van der Waals surface area contributed by atoms with E-state index in [1.165, 1.54) is 21.3 Å². The maximum Gasteiger partial charge on any atom is 0.251 e. The van der Waals surface area contributed by atoms with Gasteiger partial charge >= 0.3 is 0 Å². The number of rotatable bonds is 14. The molecule has 0 aliphatic carbocycles. The van der Waals surface area contributed by atoms with E-state index in [0.717, 1.165) is 58.9 Å². The summed E-state index contributed by atoms with van der Waals surface area (Å²) in [5.74, 6) is 3.02. The zero-order valence-corrected chi connectivity index (χ0v) is 24.2. The van der Waals surface area contributed by atoms with Crippen LogP contribution in [0.15, 0.2) is 54.6 Å². The lowest BCUT2D eigenvalue weighted by atomic mass is 10.1. The van der Waals surface area contributed by atoms with Crippen LogP contribution in [0.1, 0.15) is 41.0 Å². The molecule has 9 heteroatoms. The Hall–Kier alpha value is -3.91. The number of para-hydroxylation sites is 2. The first-order valence-corrected chi connectivity index (χ1v) is 13.7. The van der Waals surface area contributed by atoms with E-state index < -0.39 is 0 Å². The first kappa shape index (κ1) is 29.1. The molecule has 40 heavy (non-hydrogen) atoms. The van der Waals surface area contributed by atoms with Gasteiger partial charge in [0.2, 0.25) is 5.75 Å². The van der Waals surface area contributed by atoms with Crippen LogP contribution in [-0.4, -0.2) is 49.9 Å². The van der Waals surface area contributed by atoms with Crippen molar-refractivity contribution >= 4 is 28.5 Å². The highest BCUT2D eigenvalue weighted by Gasteiger charge is 2.17. The quantitative estimate of drug-likeness (QED) is 0.182. The second-order valence-electron chi connectivity index (χ2n) is 9.41. The summed E-state index contributed by atoms with van der Waals surface area (Å²) in [6, 6.07) is 17.2. The van der Waals surface area contributed by atoms with Crippen molar-refractivity contribution in [1.82, 2.24) is 14.9 Å². The number of aromatic nitrogens is 2. The number of halogens is 1. The number of ether oxygens (including phenoxy) is 4. The van der Waals surface area contributed by atoms with Crippen molar-refractivity contribution in [3.8, 4) is 23.0 Å². The van der Waals surface area contributed by atoms with Crippen LogP contribution in [0, 0.1) is 6.92 Å². The predicted octanol–water partition coefficient (Wildman–Crippen LogP) is 6.25. The molecular weight excluding hydrogens is 530 g/mol. The van der Waals surface area contributed by atoms with Gasteiger partial charge in [0.25, 0.3) is 5.91 Å². The molecule has 4 aromatic rings. The number of methoxy groups -OCH3 is 3.